The summed E-state index contributed by atoms with van der Waals surface area (Å²) >= 11 is 0. The van der Waals surface area contributed by atoms with Crippen LogP contribution in [0.4, 0.5) is 0 Å². The highest BCUT2D eigenvalue weighted by molar-refractivity contribution is 5.75. The Hall–Kier alpha value is -1.47. The van der Waals surface area contributed by atoms with Crippen molar-refractivity contribution in [1.29, 1.82) is 0 Å². The van der Waals surface area contributed by atoms with Crippen molar-refractivity contribution in [1.82, 2.24) is 20.5 Å². The molecule has 7 heteroatoms. The third kappa shape index (κ3) is 3.27. The lowest BCUT2D eigenvalue weighted by Crippen LogP contribution is -2.46. The lowest BCUT2D eigenvalue weighted by molar-refractivity contribution is -0.120. The topological polar surface area (TPSA) is 97.3 Å². The second kappa shape index (κ2) is 5.92. The average molecular weight is 253 g/mol. The number of amides is 1. The molecule has 0 spiro atoms. The molecule has 0 bridgehead atoms. The SMILES string of the molecule is Cc1nonc1CN(CC(N)=O)C1CCNCC1. The number of nitrogens with one attached hydrogen (secondary N) is 1. The van der Waals surface area contributed by atoms with Crippen molar-refractivity contribution in [2.45, 2.75) is 32.4 Å². The minimum atomic E-state index is -0.317. The van der Waals surface area contributed by atoms with Crippen LogP contribution in [-0.4, -0.2) is 46.8 Å². The normalized spacial score (nSPS) is 17.2. The number of primary amides is 1. The largest absolute Gasteiger partial charge is 0.369 e. The number of nitrogens with zero attached hydrogens (tertiary/aromatic N) is 3. The molecule has 0 aliphatic carbocycles. The Morgan fingerprint density at radius 2 is 2.22 bits per heavy atom. The monoisotopic (exact) mass is 253 g/mol. The van der Waals surface area contributed by atoms with E-state index in [1.807, 2.05) is 6.92 Å². The molecular weight excluding hydrogens is 234 g/mol. The van der Waals surface area contributed by atoms with Crippen LogP contribution < -0.4 is 11.1 Å². The quantitative estimate of drug-likeness (QED) is 0.728. The van der Waals surface area contributed by atoms with Crippen LogP contribution in [0.3, 0.4) is 0 Å². The summed E-state index contributed by atoms with van der Waals surface area (Å²) in [5.74, 6) is -0.317. The predicted molar refractivity (Wildman–Crippen MR) is 64.5 cm³/mol. The molecule has 1 fully saturated rings. The molecule has 1 aliphatic rings. The van der Waals surface area contributed by atoms with Gasteiger partial charge >= 0.3 is 0 Å². The molecule has 0 radical (unpaired) electrons. The smallest absolute Gasteiger partial charge is 0.231 e. The van der Waals surface area contributed by atoms with Crippen LogP contribution >= 0.6 is 0 Å². The summed E-state index contributed by atoms with van der Waals surface area (Å²) in [6.07, 6.45) is 2.02. The van der Waals surface area contributed by atoms with Crippen molar-refractivity contribution in [2.24, 2.45) is 5.73 Å². The van der Waals surface area contributed by atoms with E-state index in [1.165, 1.54) is 0 Å². The van der Waals surface area contributed by atoms with Gasteiger partial charge < -0.3 is 11.1 Å². The van der Waals surface area contributed by atoms with Crippen LogP contribution in [0.2, 0.25) is 0 Å². The van der Waals surface area contributed by atoms with E-state index in [2.05, 4.69) is 25.2 Å². The van der Waals surface area contributed by atoms with Crippen molar-refractivity contribution in [3.63, 3.8) is 0 Å². The fourth-order valence-electron chi connectivity index (χ4n) is 2.27. The van der Waals surface area contributed by atoms with Crippen molar-refractivity contribution in [3.8, 4) is 0 Å². The summed E-state index contributed by atoms with van der Waals surface area (Å²) in [6, 6.07) is 0.356. The zero-order valence-electron chi connectivity index (χ0n) is 10.6. The summed E-state index contributed by atoms with van der Waals surface area (Å²) in [5.41, 5.74) is 6.85. The van der Waals surface area contributed by atoms with Gasteiger partial charge in [-0.05, 0) is 32.9 Å². The number of aryl methyl sites for hydroxylation is 1. The lowest BCUT2D eigenvalue weighted by Gasteiger charge is -2.33. The fraction of sp³-hybridized carbons (Fsp3) is 0.727. The van der Waals surface area contributed by atoms with Crippen LogP contribution in [0, 0.1) is 6.92 Å². The molecule has 0 aromatic carbocycles. The van der Waals surface area contributed by atoms with Gasteiger partial charge in [-0.15, -0.1) is 0 Å². The number of hydrogen-bond donors (Lipinski definition) is 2. The van der Waals surface area contributed by atoms with Crippen molar-refractivity contribution in [3.05, 3.63) is 11.4 Å². The second-order valence-electron chi connectivity index (χ2n) is 4.65. The molecule has 100 valence electrons. The molecule has 1 aromatic heterocycles. The van der Waals surface area contributed by atoms with Crippen LogP contribution in [-0.2, 0) is 11.3 Å². The highest BCUT2D eigenvalue weighted by Gasteiger charge is 2.24. The maximum Gasteiger partial charge on any atom is 0.231 e. The van der Waals surface area contributed by atoms with Gasteiger partial charge in [0.2, 0.25) is 5.91 Å². The summed E-state index contributed by atoms with van der Waals surface area (Å²) in [6.45, 7) is 4.59. The number of aromatic nitrogens is 2. The van der Waals surface area contributed by atoms with E-state index in [1.54, 1.807) is 0 Å². The summed E-state index contributed by atoms with van der Waals surface area (Å²) in [7, 11) is 0. The molecule has 0 atom stereocenters. The number of carbonyl (C=O) groups is 1. The van der Waals surface area contributed by atoms with E-state index in [0.29, 0.717) is 12.6 Å². The summed E-state index contributed by atoms with van der Waals surface area (Å²) < 4.78 is 4.68. The van der Waals surface area contributed by atoms with Gasteiger partial charge in [0.15, 0.2) is 0 Å². The first kappa shape index (κ1) is 13.0. The second-order valence-corrected chi connectivity index (χ2v) is 4.65. The molecule has 0 unspecified atom stereocenters. The molecule has 2 rings (SSSR count). The maximum absolute atomic E-state index is 11.2. The Bertz CT molecular complexity index is 400. The van der Waals surface area contributed by atoms with Gasteiger partial charge in [-0.2, -0.15) is 0 Å². The van der Waals surface area contributed by atoms with Gasteiger partial charge in [-0.1, -0.05) is 10.3 Å². The average Bonchev–Trinajstić information content (AvgIpc) is 2.75. The number of carbonyl (C=O) groups excluding carboxylic acids is 1. The number of piperidine rings is 1. The number of nitrogens with two attached hydrogens (primary N) is 1. The molecule has 1 aromatic rings. The summed E-state index contributed by atoms with van der Waals surface area (Å²) in [5, 5.41) is 10.9. The van der Waals surface area contributed by atoms with Gasteiger partial charge in [-0.3, -0.25) is 9.69 Å². The van der Waals surface area contributed by atoms with Crippen molar-refractivity contribution < 1.29 is 9.42 Å². The molecule has 18 heavy (non-hydrogen) atoms. The van der Waals surface area contributed by atoms with Crippen LogP contribution in [0.1, 0.15) is 24.2 Å². The fourth-order valence-corrected chi connectivity index (χ4v) is 2.27. The van der Waals surface area contributed by atoms with E-state index in [0.717, 1.165) is 37.3 Å². The molecule has 1 aliphatic heterocycles. The first-order chi connectivity index (χ1) is 8.66. The third-order valence-electron chi connectivity index (χ3n) is 3.28. The standard InChI is InChI=1S/C11H19N5O2/c1-8-10(15-18-14-8)6-16(7-11(12)17)9-2-4-13-5-3-9/h9,13H,2-7H2,1H3,(H2,12,17). The molecule has 3 N–H and O–H groups in total. The predicted octanol–water partition coefficient (Wildman–Crippen LogP) is -0.583. The zero-order chi connectivity index (χ0) is 13.0. The minimum Gasteiger partial charge on any atom is -0.369 e. The third-order valence-corrected chi connectivity index (χ3v) is 3.28. The van der Waals surface area contributed by atoms with E-state index in [4.69, 9.17) is 5.73 Å². The van der Waals surface area contributed by atoms with E-state index < -0.39 is 0 Å². The van der Waals surface area contributed by atoms with Gasteiger partial charge in [0.25, 0.3) is 0 Å². The van der Waals surface area contributed by atoms with Gasteiger partial charge in [0.1, 0.15) is 11.4 Å². The zero-order valence-corrected chi connectivity index (χ0v) is 10.6. The van der Waals surface area contributed by atoms with E-state index >= 15 is 0 Å². The molecule has 7 nitrogen and oxygen atoms in total. The summed E-state index contributed by atoms with van der Waals surface area (Å²) in [4.78, 5) is 13.2. The Labute approximate surface area is 106 Å². The highest BCUT2D eigenvalue weighted by atomic mass is 16.6. The minimum absolute atomic E-state index is 0.247. The van der Waals surface area contributed by atoms with Gasteiger partial charge in [0.05, 0.1) is 6.54 Å². The van der Waals surface area contributed by atoms with Crippen molar-refractivity contribution >= 4 is 5.91 Å². The van der Waals surface area contributed by atoms with Crippen LogP contribution in [0.5, 0.6) is 0 Å². The maximum atomic E-state index is 11.2. The lowest BCUT2D eigenvalue weighted by atomic mass is 10.0. The Morgan fingerprint density at radius 1 is 1.50 bits per heavy atom. The molecule has 2 heterocycles. The van der Waals surface area contributed by atoms with E-state index in [9.17, 15) is 4.79 Å². The number of hydrogen-bond acceptors (Lipinski definition) is 6. The van der Waals surface area contributed by atoms with Crippen LogP contribution in [0.25, 0.3) is 0 Å². The molecule has 0 saturated carbocycles. The molecule has 1 saturated heterocycles. The highest BCUT2D eigenvalue weighted by Crippen LogP contribution is 2.15. The Kier molecular flexibility index (Phi) is 4.27. The first-order valence-corrected chi connectivity index (χ1v) is 6.18. The van der Waals surface area contributed by atoms with Gasteiger partial charge in [-0.25, -0.2) is 4.63 Å². The number of rotatable bonds is 5. The Balaban J connectivity index is 2.04. The molecular formula is C11H19N5O2. The molecule has 1 amide bonds. The van der Waals surface area contributed by atoms with Crippen LogP contribution in [0.15, 0.2) is 4.63 Å². The van der Waals surface area contributed by atoms with Crippen molar-refractivity contribution in [2.75, 3.05) is 19.6 Å². The van der Waals surface area contributed by atoms with E-state index in [-0.39, 0.29) is 12.5 Å². The Morgan fingerprint density at radius 3 is 2.78 bits per heavy atom. The first-order valence-electron chi connectivity index (χ1n) is 6.18. The van der Waals surface area contributed by atoms with Gasteiger partial charge in [0, 0.05) is 12.6 Å².